The molecule has 3 nitrogen and oxygen atoms in total. The van der Waals surface area contributed by atoms with E-state index in [1.54, 1.807) is 0 Å². The minimum Gasteiger partial charge on any atom is -0.330 e. The fraction of sp³-hybridized carbons (Fsp3) is 1.00. The summed E-state index contributed by atoms with van der Waals surface area (Å²) in [4.78, 5) is 2.45. The maximum absolute atomic E-state index is 5.69. The van der Waals surface area contributed by atoms with E-state index in [1.165, 1.54) is 32.4 Å². The first-order chi connectivity index (χ1) is 7.17. The van der Waals surface area contributed by atoms with Gasteiger partial charge in [-0.3, -0.25) is 0 Å². The van der Waals surface area contributed by atoms with Crippen molar-refractivity contribution in [3.8, 4) is 0 Å². The minimum atomic E-state index is 0.634. The number of nitrogens with zero attached hydrogens (tertiary/aromatic N) is 1. The van der Waals surface area contributed by atoms with E-state index >= 15 is 0 Å². The average Bonchev–Trinajstić information content (AvgIpc) is 2.25. The molecule has 1 rings (SSSR count). The molecule has 3 unspecified atom stereocenters. The lowest BCUT2D eigenvalue weighted by Crippen LogP contribution is -2.44. The molecule has 1 aliphatic heterocycles. The molecular formula is C12H27N3. The Morgan fingerprint density at radius 3 is 2.80 bits per heavy atom. The van der Waals surface area contributed by atoms with Crippen LogP contribution in [0.15, 0.2) is 0 Å². The standard InChI is InChI=1S/C12H27N3/c1-10(8-13)7-12(14-2)11-5-4-6-15(3)9-11/h10-12,14H,4-9,13H2,1-3H3. The Labute approximate surface area is 94.4 Å². The maximum Gasteiger partial charge on any atom is 0.0108 e. The minimum absolute atomic E-state index is 0.634. The highest BCUT2D eigenvalue weighted by Gasteiger charge is 2.25. The van der Waals surface area contributed by atoms with E-state index in [-0.39, 0.29) is 0 Å². The summed E-state index contributed by atoms with van der Waals surface area (Å²) in [6.45, 7) is 5.56. The van der Waals surface area contributed by atoms with Gasteiger partial charge in [-0.25, -0.2) is 0 Å². The summed E-state index contributed by atoms with van der Waals surface area (Å²) in [5, 5.41) is 3.48. The predicted octanol–water partition coefficient (Wildman–Crippen LogP) is 0.901. The van der Waals surface area contributed by atoms with Gasteiger partial charge in [-0.2, -0.15) is 0 Å². The van der Waals surface area contributed by atoms with Gasteiger partial charge in [0.05, 0.1) is 0 Å². The molecule has 0 saturated carbocycles. The van der Waals surface area contributed by atoms with Crippen molar-refractivity contribution in [3.63, 3.8) is 0 Å². The zero-order valence-electron chi connectivity index (χ0n) is 10.5. The van der Waals surface area contributed by atoms with Gasteiger partial charge in [0.1, 0.15) is 0 Å². The van der Waals surface area contributed by atoms with Gasteiger partial charge in [-0.1, -0.05) is 6.92 Å². The molecular weight excluding hydrogens is 186 g/mol. The maximum atomic E-state index is 5.69. The van der Waals surface area contributed by atoms with Crippen LogP contribution in [-0.2, 0) is 0 Å². The number of hydrogen-bond acceptors (Lipinski definition) is 3. The zero-order valence-corrected chi connectivity index (χ0v) is 10.5. The number of nitrogens with two attached hydrogens (primary N) is 1. The van der Waals surface area contributed by atoms with Gasteiger partial charge >= 0.3 is 0 Å². The second kappa shape index (κ2) is 6.46. The molecule has 3 atom stereocenters. The summed E-state index contributed by atoms with van der Waals surface area (Å²) in [5.41, 5.74) is 5.69. The Balaban J connectivity index is 2.42. The molecule has 0 aromatic rings. The smallest absolute Gasteiger partial charge is 0.0108 e. The first kappa shape index (κ1) is 12.9. The Hall–Kier alpha value is -0.120. The van der Waals surface area contributed by atoms with Gasteiger partial charge in [-0.05, 0) is 58.3 Å². The van der Waals surface area contributed by atoms with E-state index in [4.69, 9.17) is 5.73 Å². The summed E-state index contributed by atoms with van der Waals surface area (Å²) in [6, 6.07) is 0.645. The third-order valence-corrected chi connectivity index (χ3v) is 3.66. The second-order valence-electron chi connectivity index (χ2n) is 5.14. The molecule has 0 aromatic heterocycles. The number of rotatable bonds is 5. The summed E-state index contributed by atoms with van der Waals surface area (Å²) in [7, 11) is 4.31. The van der Waals surface area contributed by atoms with Crippen molar-refractivity contribution in [2.24, 2.45) is 17.6 Å². The molecule has 0 aliphatic carbocycles. The molecule has 3 N–H and O–H groups in total. The predicted molar refractivity (Wildman–Crippen MR) is 65.9 cm³/mol. The van der Waals surface area contributed by atoms with Crippen molar-refractivity contribution in [3.05, 3.63) is 0 Å². The Morgan fingerprint density at radius 1 is 1.53 bits per heavy atom. The van der Waals surface area contributed by atoms with Crippen LogP contribution in [0.1, 0.15) is 26.2 Å². The summed E-state index contributed by atoms with van der Waals surface area (Å²) >= 11 is 0. The van der Waals surface area contributed by atoms with Crippen molar-refractivity contribution in [1.29, 1.82) is 0 Å². The lowest BCUT2D eigenvalue weighted by molar-refractivity contribution is 0.165. The average molecular weight is 213 g/mol. The molecule has 1 aliphatic rings. The SMILES string of the molecule is CNC(CC(C)CN)C1CCCN(C)C1. The molecule has 0 spiro atoms. The molecule has 15 heavy (non-hydrogen) atoms. The van der Waals surface area contributed by atoms with Crippen LogP contribution in [0.5, 0.6) is 0 Å². The summed E-state index contributed by atoms with van der Waals surface area (Å²) in [6.07, 6.45) is 3.93. The normalized spacial score (nSPS) is 27.6. The molecule has 1 saturated heterocycles. The summed E-state index contributed by atoms with van der Waals surface area (Å²) in [5.74, 6) is 1.44. The molecule has 3 heteroatoms. The molecule has 1 heterocycles. The van der Waals surface area contributed by atoms with Crippen LogP contribution in [0.3, 0.4) is 0 Å². The Bertz CT molecular complexity index is 172. The third kappa shape index (κ3) is 4.09. The van der Waals surface area contributed by atoms with E-state index in [0.717, 1.165) is 12.5 Å². The molecule has 0 bridgehead atoms. The van der Waals surface area contributed by atoms with Gasteiger partial charge in [0.25, 0.3) is 0 Å². The van der Waals surface area contributed by atoms with Crippen LogP contribution in [0.25, 0.3) is 0 Å². The number of hydrogen-bond donors (Lipinski definition) is 2. The molecule has 1 fully saturated rings. The molecule has 0 aromatic carbocycles. The van der Waals surface area contributed by atoms with Crippen molar-refractivity contribution < 1.29 is 0 Å². The Morgan fingerprint density at radius 2 is 2.27 bits per heavy atom. The third-order valence-electron chi connectivity index (χ3n) is 3.66. The van der Waals surface area contributed by atoms with Crippen molar-refractivity contribution in [1.82, 2.24) is 10.2 Å². The fourth-order valence-electron chi connectivity index (χ4n) is 2.61. The van der Waals surface area contributed by atoms with E-state index in [2.05, 4.69) is 31.2 Å². The quantitative estimate of drug-likeness (QED) is 0.713. The zero-order chi connectivity index (χ0) is 11.3. The fourth-order valence-corrected chi connectivity index (χ4v) is 2.61. The van der Waals surface area contributed by atoms with Crippen LogP contribution in [-0.4, -0.2) is 44.7 Å². The van der Waals surface area contributed by atoms with E-state index in [1.807, 2.05) is 0 Å². The summed E-state index contributed by atoms with van der Waals surface area (Å²) < 4.78 is 0. The van der Waals surface area contributed by atoms with Crippen LogP contribution < -0.4 is 11.1 Å². The monoisotopic (exact) mass is 213 g/mol. The van der Waals surface area contributed by atoms with Crippen LogP contribution in [0.2, 0.25) is 0 Å². The van der Waals surface area contributed by atoms with Gasteiger partial charge in [0.15, 0.2) is 0 Å². The molecule has 0 amide bonds. The van der Waals surface area contributed by atoms with Crippen LogP contribution in [0.4, 0.5) is 0 Å². The molecule has 90 valence electrons. The lowest BCUT2D eigenvalue weighted by atomic mass is 9.86. The van der Waals surface area contributed by atoms with E-state index in [9.17, 15) is 0 Å². The van der Waals surface area contributed by atoms with Crippen molar-refractivity contribution >= 4 is 0 Å². The van der Waals surface area contributed by atoms with Crippen LogP contribution in [0, 0.1) is 11.8 Å². The highest BCUT2D eigenvalue weighted by atomic mass is 15.1. The van der Waals surface area contributed by atoms with Crippen LogP contribution >= 0.6 is 0 Å². The lowest BCUT2D eigenvalue weighted by Gasteiger charge is -2.36. The number of nitrogens with one attached hydrogen (secondary N) is 1. The molecule has 0 radical (unpaired) electrons. The van der Waals surface area contributed by atoms with Gasteiger partial charge in [0, 0.05) is 12.6 Å². The highest BCUT2D eigenvalue weighted by molar-refractivity contribution is 4.82. The highest BCUT2D eigenvalue weighted by Crippen LogP contribution is 2.22. The number of piperidine rings is 1. The largest absolute Gasteiger partial charge is 0.330 e. The van der Waals surface area contributed by atoms with Gasteiger partial charge in [-0.15, -0.1) is 0 Å². The van der Waals surface area contributed by atoms with E-state index < -0.39 is 0 Å². The van der Waals surface area contributed by atoms with Gasteiger partial charge < -0.3 is 16.0 Å². The first-order valence-electron chi connectivity index (χ1n) is 6.23. The second-order valence-corrected chi connectivity index (χ2v) is 5.14. The Kier molecular flexibility index (Phi) is 5.58. The first-order valence-corrected chi connectivity index (χ1v) is 6.23. The van der Waals surface area contributed by atoms with Gasteiger partial charge in [0.2, 0.25) is 0 Å². The topological polar surface area (TPSA) is 41.3 Å². The van der Waals surface area contributed by atoms with Crippen molar-refractivity contribution in [2.45, 2.75) is 32.2 Å². The number of likely N-dealkylation sites (tertiary alicyclic amines) is 1. The van der Waals surface area contributed by atoms with E-state index in [0.29, 0.717) is 12.0 Å². The van der Waals surface area contributed by atoms with Crippen molar-refractivity contribution in [2.75, 3.05) is 33.7 Å².